The van der Waals surface area contributed by atoms with Crippen molar-refractivity contribution in [2.24, 2.45) is 0 Å². The van der Waals surface area contributed by atoms with Gasteiger partial charge in [0.05, 0.1) is 12.1 Å². The molecule has 4 nitrogen and oxygen atoms in total. The largest absolute Gasteiger partial charge is 0.461 e. The van der Waals surface area contributed by atoms with Crippen molar-refractivity contribution < 1.29 is 9.53 Å². The summed E-state index contributed by atoms with van der Waals surface area (Å²) in [4.78, 5) is 11.1. The molecule has 0 bridgehead atoms. The first kappa shape index (κ1) is 9.25. The maximum absolute atomic E-state index is 11.1. The summed E-state index contributed by atoms with van der Waals surface area (Å²) in [5.74, 6) is -0.378. The van der Waals surface area contributed by atoms with Gasteiger partial charge in [0, 0.05) is 6.20 Å². The highest BCUT2D eigenvalue weighted by molar-refractivity contribution is 9.08. The molecule has 0 fully saturated rings. The number of alkyl halides is 1. The minimum atomic E-state index is -0.378. The number of esters is 1. The molecule has 0 radical (unpaired) electrons. The zero-order valence-corrected chi connectivity index (χ0v) is 8.24. The molecule has 0 saturated carbocycles. The number of carbonyl (C=O) groups is 1. The van der Waals surface area contributed by atoms with Crippen molar-refractivity contribution in [2.45, 2.75) is 12.4 Å². The second-order valence-corrected chi connectivity index (χ2v) is 2.58. The summed E-state index contributed by atoms with van der Waals surface area (Å²) in [6.07, 6.45) is 1.71. The number of aromatic nitrogens is 2. The lowest BCUT2D eigenvalue weighted by atomic mass is 10.4. The van der Waals surface area contributed by atoms with E-state index >= 15 is 0 Å². The van der Waals surface area contributed by atoms with Crippen LogP contribution < -0.4 is 0 Å². The van der Waals surface area contributed by atoms with Crippen molar-refractivity contribution in [3.8, 4) is 0 Å². The predicted octanol–water partition coefficient (Wildman–Crippen LogP) is 1.41. The van der Waals surface area contributed by atoms with E-state index in [0.29, 0.717) is 17.8 Å². The molecule has 0 amide bonds. The van der Waals surface area contributed by atoms with E-state index in [4.69, 9.17) is 4.74 Å². The molecule has 1 heterocycles. The molecule has 0 saturated heterocycles. The van der Waals surface area contributed by atoms with Crippen LogP contribution in [-0.2, 0) is 10.2 Å². The zero-order chi connectivity index (χ0) is 8.97. The topological polar surface area (TPSA) is 44.1 Å². The standard InChI is InChI=1S/C7H9BrN2O2/c1-2-12-7(11)6-3-4-10(5-8)9-6/h3-4H,2,5H2,1H3. The van der Waals surface area contributed by atoms with Gasteiger partial charge >= 0.3 is 5.97 Å². The molecule has 12 heavy (non-hydrogen) atoms. The van der Waals surface area contributed by atoms with E-state index in [-0.39, 0.29) is 5.97 Å². The first-order chi connectivity index (χ1) is 5.77. The number of rotatable bonds is 3. The summed E-state index contributed by atoms with van der Waals surface area (Å²) in [7, 11) is 0. The average molecular weight is 233 g/mol. The van der Waals surface area contributed by atoms with Gasteiger partial charge in [-0.25, -0.2) is 4.79 Å². The highest BCUT2D eigenvalue weighted by atomic mass is 79.9. The summed E-state index contributed by atoms with van der Waals surface area (Å²) < 4.78 is 6.36. The molecular formula is C7H9BrN2O2. The van der Waals surface area contributed by atoms with Crippen LogP contribution >= 0.6 is 15.9 Å². The van der Waals surface area contributed by atoms with E-state index in [1.807, 2.05) is 0 Å². The van der Waals surface area contributed by atoms with Crippen LogP contribution in [-0.4, -0.2) is 22.4 Å². The zero-order valence-electron chi connectivity index (χ0n) is 6.66. The number of ether oxygens (including phenoxy) is 1. The third kappa shape index (κ3) is 2.07. The van der Waals surface area contributed by atoms with Crippen molar-refractivity contribution in [2.75, 3.05) is 6.61 Å². The third-order valence-electron chi connectivity index (χ3n) is 1.25. The van der Waals surface area contributed by atoms with Crippen LogP contribution in [0.2, 0.25) is 0 Å². The highest BCUT2D eigenvalue weighted by Gasteiger charge is 2.08. The van der Waals surface area contributed by atoms with Crippen molar-refractivity contribution in [1.82, 2.24) is 9.78 Å². The van der Waals surface area contributed by atoms with Gasteiger partial charge in [0.15, 0.2) is 5.69 Å². The van der Waals surface area contributed by atoms with Crippen LogP contribution in [0, 0.1) is 0 Å². The second-order valence-electron chi connectivity index (χ2n) is 2.08. The maximum atomic E-state index is 11.1. The summed E-state index contributed by atoms with van der Waals surface area (Å²) in [5, 5.41) is 3.94. The molecule has 5 heteroatoms. The molecule has 1 rings (SSSR count). The minimum absolute atomic E-state index is 0.344. The summed E-state index contributed by atoms with van der Waals surface area (Å²) in [6, 6.07) is 1.62. The van der Waals surface area contributed by atoms with Crippen LogP contribution in [0.4, 0.5) is 0 Å². The van der Waals surface area contributed by atoms with Gasteiger partial charge in [-0.05, 0) is 13.0 Å². The number of hydrogen-bond donors (Lipinski definition) is 0. The summed E-state index contributed by atoms with van der Waals surface area (Å²) in [5.41, 5.74) is 0.920. The normalized spacial score (nSPS) is 9.83. The molecule has 0 aliphatic rings. The third-order valence-corrected chi connectivity index (χ3v) is 1.76. The Labute approximate surface area is 78.6 Å². The second kappa shape index (κ2) is 4.25. The van der Waals surface area contributed by atoms with Crippen molar-refractivity contribution >= 4 is 21.9 Å². The van der Waals surface area contributed by atoms with E-state index in [2.05, 4.69) is 21.0 Å². The van der Waals surface area contributed by atoms with Crippen LogP contribution in [0.15, 0.2) is 12.3 Å². The lowest BCUT2D eigenvalue weighted by Crippen LogP contribution is -2.06. The fourth-order valence-electron chi connectivity index (χ4n) is 0.742. The Morgan fingerprint density at radius 2 is 2.58 bits per heavy atom. The molecule has 0 unspecified atom stereocenters. The lowest BCUT2D eigenvalue weighted by Gasteiger charge is -1.96. The fourth-order valence-corrected chi connectivity index (χ4v) is 1.02. The fraction of sp³-hybridized carbons (Fsp3) is 0.429. The number of halogens is 1. The van der Waals surface area contributed by atoms with Crippen molar-refractivity contribution in [3.05, 3.63) is 18.0 Å². The van der Waals surface area contributed by atoms with E-state index in [1.54, 1.807) is 23.9 Å². The average Bonchev–Trinajstić information content (AvgIpc) is 2.52. The first-order valence-electron chi connectivity index (χ1n) is 3.54. The molecule has 1 aromatic heterocycles. The van der Waals surface area contributed by atoms with Gasteiger partial charge in [0.2, 0.25) is 0 Å². The van der Waals surface area contributed by atoms with Crippen LogP contribution in [0.25, 0.3) is 0 Å². The summed E-state index contributed by atoms with van der Waals surface area (Å²) in [6.45, 7) is 2.14. The summed E-state index contributed by atoms with van der Waals surface area (Å²) >= 11 is 3.21. The Morgan fingerprint density at radius 3 is 3.08 bits per heavy atom. The van der Waals surface area contributed by atoms with Crippen LogP contribution in [0.5, 0.6) is 0 Å². The van der Waals surface area contributed by atoms with Gasteiger partial charge < -0.3 is 4.74 Å². The molecule has 1 aromatic rings. The highest BCUT2D eigenvalue weighted by Crippen LogP contribution is 1.99. The predicted molar refractivity (Wildman–Crippen MR) is 47.1 cm³/mol. The van der Waals surface area contributed by atoms with Gasteiger partial charge in [-0.2, -0.15) is 5.10 Å². The molecule has 0 aliphatic carbocycles. The Bertz CT molecular complexity index is 272. The Balaban J connectivity index is 2.68. The van der Waals surface area contributed by atoms with E-state index in [0.717, 1.165) is 0 Å². The van der Waals surface area contributed by atoms with E-state index in [9.17, 15) is 4.79 Å². The minimum Gasteiger partial charge on any atom is -0.461 e. The smallest absolute Gasteiger partial charge is 0.358 e. The lowest BCUT2D eigenvalue weighted by molar-refractivity contribution is 0.0518. The molecule has 0 spiro atoms. The number of carbonyl (C=O) groups excluding carboxylic acids is 1. The van der Waals surface area contributed by atoms with E-state index in [1.165, 1.54) is 0 Å². The van der Waals surface area contributed by atoms with Gasteiger partial charge in [-0.1, -0.05) is 15.9 Å². The van der Waals surface area contributed by atoms with Crippen LogP contribution in [0.3, 0.4) is 0 Å². The Hall–Kier alpha value is -0.840. The first-order valence-corrected chi connectivity index (χ1v) is 4.66. The Kier molecular flexibility index (Phi) is 3.28. The number of nitrogens with zero attached hydrogens (tertiary/aromatic N) is 2. The van der Waals surface area contributed by atoms with Gasteiger partial charge in [0.25, 0.3) is 0 Å². The molecule has 0 aromatic carbocycles. The van der Waals surface area contributed by atoms with Gasteiger partial charge in [-0.3, -0.25) is 4.68 Å². The molecule has 0 aliphatic heterocycles. The number of hydrogen-bond acceptors (Lipinski definition) is 3. The van der Waals surface area contributed by atoms with E-state index < -0.39 is 0 Å². The quantitative estimate of drug-likeness (QED) is 0.585. The molecule has 0 atom stereocenters. The van der Waals surface area contributed by atoms with Crippen molar-refractivity contribution in [3.63, 3.8) is 0 Å². The van der Waals surface area contributed by atoms with Crippen LogP contribution in [0.1, 0.15) is 17.4 Å². The van der Waals surface area contributed by atoms with Crippen molar-refractivity contribution in [1.29, 1.82) is 0 Å². The Morgan fingerprint density at radius 1 is 1.83 bits per heavy atom. The van der Waals surface area contributed by atoms with Gasteiger partial charge in [0.1, 0.15) is 0 Å². The maximum Gasteiger partial charge on any atom is 0.358 e. The molecule has 0 N–H and O–H groups in total. The monoisotopic (exact) mass is 232 g/mol. The molecular weight excluding hydrogens is 224 g/mol. The van der Waals surface area contributed by atoms with Gasteiger partial charge in [-0.15, -0.1) is 0 Å². The molecule has 66 valence electrons. The SMILES string of the molecule is CCOC(=O)c1ccn(CBr)n1.